The molecule has 0 aliphatic carbocycles. The van der Waals surface area contributed by atoms with Gasteiger partial charge in [-0.15, -0.1) is 0 Å². The Balaban J connectivity index is 1.48. The average Bonchev–Trinajstić information content (AvgIpc) is 3.08. The summed E-state index contributed by atoms with van der Waals surface area (Å²) in [6.45, 7) is 0. The van der Waals surface area contributed by atoms with Crippen LogP contribution in [0.2, 0.25) is 0 Å². The Bertz CT molecular complexity index is 1910. The highest BCUT2D eigenvalue weighted by molar-refractivity contribution is 6.04. The highest BCUT2D eigenvalue weighted by atomic mass is 16.7. The van der Waals surface area contributed by atoms with Gasteiger partial charge in [0.2, 0.25) is 0 Å². The number of benzene rings is 6. The Labute approximate surface area is 253 Å². The summed E-state index contributed by atoms with van der Waals surface area (Å²) in [5.74, 6) is -0.596. The van der Waals surface area contributed by atoms with Gasteiger partial charge < -0.3 is 18.9 Å². The molecule has 0 amide bonds. The summed E-state index contributed by atoms with van der Waals surface area (Å²) in [5.41, 5.74) is 2.72. The second-order valence-electron chi connectivity index (χ2n) is 9.86. The Morgan fingerprint density at radius 1 is 0.432 bits per heavy atom. The quantitative estimate of drug-likeness (QED) is 0.144. The molecule has 0 bridgehead atoms. The normalized spacial score (nSPS) is 10.8. The number of hydrogen-bond donors (Lipinski definition) is 0. The summed E-state index contributed by atoms with van der Waals surface area (Å²) in [6, 6.07) is 36.2. The van der Waals surface area contributed by atoms with Crippen LogP contribution < -0.4 is 9.47 Å². The first-order valence-electron chi connectivity index (χ1n) is 13.8. The maximum absolute atomic E-state index is 13.8. The van der Waals surface area contributed by atoms with Crippen LogP contribution in [-0.4, -0.2) is 32.3 Å². The van der Waals surface area contributed by atoms with Crippen LogP contribution in [0.4, 0.5) is 4.79 Å². The van der Waals surface area contributed by atoms with Crippen LogP contribution in [0.15, 0.2) is 121 Å². The lowest BCUT2D eigenvalue weighted by molar-refractivity contribution is 0.0592. The molecule has 0 N–H and O–H groups in total. The Hall–Kier alpha value is -5.95. The lowest BCUT2D eigenvalue weighted by Crippen LogP contribution is -2.16. The van der Waals surface area contributed by atoms with E-state index in [-0.39, 0.29) is 11.5 Å². The summed E-state index contributed by atoms with van der Waals surface area (Å²) < 4.78 is 22.1. The molecule has 0 radical (unpaired) electrons. The van der Waals surface area contributed by atoms with Gasteiger partial charge in [0, 0.05) is 21.9 Å². The number of carbonyl (C=O) groups is 3. The van der Waals surface area contributed by atoms with Crippen LogP contribution in [0.5, 0.6) is 11.5 Å². The highest BCUT2D eigenvalue weighted by Gasteiger charge is 2.24. The van der Waals surface area contributed by atoms with Crippen molar-refractivity contribution >= 4 is 39.6 Å². The lowest BCUT2D eigenvalue weighted by Gasteiger charge is -2.17. The fraction of sp³-hybridized carbons (Fsp3) is 0.0541. The molecule has 0 aliphatic rings. The van der Waals surface area contributed by atoms with Crippen LogP contribution in [0.1, 0.15) is 20.7 Å². The molecule has 7 heteroatoms. The Kier molecular flexibility index (Phi) is 7.76. The van der Waals surface area contributed by atoms with E-state index in [0.29, 0.717) is 44.2 Å². The molecule has 44 heavy (non-hydrogen) atoms. The van der Waals surface area contributed by atoms with E-state index in [4.69, 9.17) is 18.9 Å². The lowest BCUT2D eigenvalue weighted by atomic mass is 9.95. The molecular weight excluding hydrogens is 556 g/mol. The summed E-state index contributed by atoms with van der Waals surface area (Å²) in [5, 5.41) is 2.95. The molecule has 0 aliphatic heterocycles. The zero-order chi connectivity index (χ0) is 30.6. The summed E-state index contributed by atoms with van der Waals surface area (Å²) in [7, 11) is 2.63. The predicted octanol–water partition coefficient (Wildman–Crippen LogP) is 8.48. The maximum Gasteiger partial charge on any atom is 0.519 e. The van der Waals surface area contributed by atoms with Crippen molar-refractivity contribution in [2.75, 3.05) is 14.2 Å². The minimum Gasteiger partial charge on any atom is -0.465 e. The van der Waals surface area contributed by atoms with E-state index in [2.05, 4.69) is 0 Å². The van der Waals surface area contributed by atoms with Crippen molar-refractivity contribution in [2.45, 2.75) is 0 Å². The van der Waals surface area contributed by atoms with E-state index in [1.807, 2.05) is 60.7 Å². The smallest absolute Gasteiger partial charge is 0.465 e. The van der Waals surface area contributed by atoms with Gasteiger partial charge in [0.05, 0.1) is 25.3 Å². The van der Waals surface area contributed by atoms with Crippen molar-refractivity contribution in [3.8, 4) is 33.8 Å². The van der Waals surface area contributed by atoms with E-state index in [1.54, 1.807) is 60.7 Å². The predicted molar refractivity (Wildman–Crippen MR) is 168 cm³/mol. The first-order valence-corrected chi connectivity index (χ1v) is 13.8. The minimum absolute atomic E-state index is 0.223. The topological polar surface area (TPSA) is 88.1 Å². The molecule has 0 fully saturated rings. The molecule has 0 heterocycles. The molecule has 0 saturated heterocycles. The van der Waals surface area contributed by atoms with E-state index < -0.39 is 18.1 Å². The van der Waals surface area contributed by atoms with Gasteiger partial charge in [0.15, 0.2) is 0 Å². The van der Waals surface area contributed by atoms with Gasteiger partial charge in [0.25, 0.3) is 0 Å². The van der Waals surface area contributed by atoms with Crippen molar-refractivity contribution in [1.82, 2.24) is 0 Å². The number of esters is 2. The van der Waals surface area contributed by atoms with Gasteiger partial charge >= 0.3 is 18.1 Å². The van der Waals surface area contributed by atoms with Crippen LogP contribution >= 0.6 is 0 Å². The zero-order valence-corrected chi connectivity index (χ0v) is 23.9. The first kappa shape index (κ1) is 28.2. The number of methoxy groups -OCH3 is 2. The standard InChI is InChI=1S/C37H26O7/c1-41-35(38)31-17-9-7-15-27(31)29-21-19-23-11-3-5-13-25(23)33(29)43-37(40)44-34-26-14-6-4-12-24(26)20-22-30(34)28-16-8-10-18-32(28)36(39)42-2/h3-22H,1-2H3. The fourth-order valence-electron chi connectivity index (χ4n) is 5.33. The average molecular weight is 583 g/mol. The van der Waals surface area contributed by atoms with E-state index in [9.17, 15) is 14.4 Å². The van der Waals surface area contributed by atoms with Crippen molar-refractivity contribution in [3.05, 3.63) is 132 Å². The molecular formula is C37H26O7. The molecule has 0 aromatic heterocycles. The molecule has 0 saturated carbocycles. The molecule has 0 spiro atoms. The van der Waals surface area contributed by atoms with Crippen molar-refractivity contribution in [3.63, 3.8) is 0 Å². The highest BCUT2D eigenvalue weighted by Crippen LogP contribution is 2.41. The third-order valence-electron chi connectivity index (χ3n) is 7.38. The summed E-state index contributed by atoms with van der Waals surface area (Å²) >= 11 is 0. The second kappa shape index (κ2) is 12.1. The number of rotatable bonds is 6. The van der Waals surface area contributed by atoms with E-state index in [0.717, 1.165) is 10.8 Å². The minimum atomic E-state index is -0.994. The Morgan fingerprint density at radius 3 is 1.25 bits per heavy atom. The van der Waals surface area contributed by atoms with E-state index >= 15 is 0 Å². The summed E-state index contributed by atoms with van der Waals surface area (Å²) in [6.07, 6.45) is -0.994. The first-order chi connectivity index (χ1) is 21.5. The fourth-order valence-corrected chi connectivity index (χ4v) is 5.33. The van der Waals surface area contributed by atoms with Crippen LogP contribution in [0.3, 0.4) is 0 Å². The number of fused-ring (bicyclic) bond motifs is 2. The number of ether oxygens (including phenoxy) is 4. The monoisotopic (exact) mass is 582 g/mol. The van der Waals surface area contributed by atoms with Crippen molar-refractivity contribution < 1.29 is 33.3 Å². The van der Waals surface area contributed by atoms with Gasteiger partial charge in [-0.1, -0.05) is 97.1 Å². The second-order valence-corrected chi connectivity index (χ2v) is 9.86. The molecule has 6 aromatic carbocycles. The third-order valence-corrected chi connectivity index (χ3v) is 7.38. The van der Waals surface area contributed by atoms with Crippen LogP contribution in [0, 0.1) is 0 Å². The van der Waals surface area contributed by atoms with Gasteiger partial charge in [-0.2, -0.15) is 0 Å². The summed E-state index contributed by atoms with van der Waals surface area (Å²) in [4.78, 5) is 39.1. The Morgan fingerprint density at radius 2 is 0.818 bits per heavy atom. The van der Waals surface area contributed by atoms with Gasteiger partial charge in [0.1, 0.15) is 11.5 Å². The molecule has 6 aromatic rings. The van der Waals surface area contributed by atoms with Crippen LogP contribution in [0.25, 0.3) is 43.8 Å². The SMILES string of the molecule is COC(=O)c1ccccc1-c1ccc2ccccc2c1OC(=O)Oc1c(-c2ccccc2C(=O)OC)ccc2ccccc12. The largest absolute Gasteiger partial charge is 0.519 e. The number of hydrogen-bond acceptors (Lipinski definition) is 7. The van der Waals surface area contributed by atoms with E-state index in [1.165, 1.54) is 14.2 Å². The maximum atomic E-state index is 13.8. The van der Waals surface area contributed by atoms with Crippen LogP contribution in [-0.2, 0) is 9.47 Å². The van der Waals surface area contributed by atoms with Gasteiger partial charge in [-0.05, 0) is 46.2 Å². The molecule has 0 atom stereocenters. The number of carbonyl (C=O) groups excluding carboxylic acids is 3. The molecule has 0 unspecified atom stereocenters. The zero-order valence-electron chi connectivity index (χ0n) is 23.9. The van der Waals surface area contributed by atoms with Crippen molar-refractivity contribution in [1.29, 1.82) is 0 Å². The van der Waals surface area contributed by atoms with Crippen molar-refractivity contribution in [2.24, 2.45) is 0 Å². The third kappa shape index (κ3) is 5.23. The molecule has 216 valence electrons. The van der Waals surface area contributed by atoms with Gasteiger partial charge in [-0.3, -0.25) is 0 Å². The molecule has 7 nitrogen and oxygen atoms in total. The molecule has 6 rings (SSSR count). The van der Waals surface area contributed by atoms with Gasteiger partial charge in [-0.25, -0.2) is 14.4 Å².